The minimum Gasteiger partial charge on any atom is -0.481 e. The van der Waals surface area contributed by atoms with Gasteiger partial charge in [0.25, 0.3) is 0 Å². The van der Waals surface area contributed by atoms with Crippen LogP contribution < -0.4 is 11.3 Å². The fraction of sp³-hybridized carbons (Fsp3) is 0.375. The Bertz CT molecular complexity index is 218. The largest absolute Gasteiger partial charge is 0.481 e. The number of aliphatic imine (C=N–C) groups is 1. The molecular formula is C8H15N3O. The first-order valence-electron chi connectivity index (χ1n) is 3.50. The minimum absolute atomic E-state index is 0.545. The Morgan fingerprint density at radius 3 is 2.58 bits per heavy atom. The summed E-state index contributed by atoms with van der Waals surface area (Å²) in [5.41, 5.74) is 3.98. The van der Waals surface area contributed by atoms with E-state index in [9.17, 15) is 0 Å². The standard InChI is InChI=1S/C8H15N3O/c1-6(7(2)11-9)5-8(10-3)12-4/h5,11H,2,9H2,1,3-4H3/b6-5-,10-8+. The van der Waals surface area contributed by atoms with E-state index in [1.807, 2.05) is 6.92 Å². The fourth-order valence-electron chi connectivity index (χ4n) is 0.601. The number of hydrogen-bond donors (Lipinski definition) is 2. The summed E-state index contributed by atoms with van der Waals surface area (Å²) in [6, 6.07) is 0. The number of ether oxygens (including phenoxy) is 1. The highest BCUT2D eigenvalue weighted by Crippen LogP contribution is 2.01. The second kappa shape index (κ2) is 5.37. The first-order chi connectivity index (χ1) is 5.65. The van der Waals surface area contributed by atoms with Crippen molar-refractivity contribution in [2.24, 2.45) is 10.8 Å². The van der Waals surface area contributed by atoms with Gasteiger partial charge in [0.05, 0.1) is 7.11 Å². The van der Waals surface area contributed by atoms with Crippen molar-refractivity contribution in [3.63, 3.8) is 0 Å². The van der Waals surface area contributed by atoms with Gasteiger partial charge in [-0.2, -0.15) is 0 Å². The number of nitrogens with two attached hydrogens (primary N) is 1. The summed E-state index contributed by atoms with van der Waals surface area (Å²) in [5, 5.41) is 0. The first-order valence-corrected chi connectivity index (χ1v) is 3.50. The zero-order valence-electron chi connectivity index (χ0n) is 7.72. The zero-order chi connectivity index (χ0) is 9.56. The molecule has 12 heavy (non-hydrogen) atoms. The summed E-state index contributed by atoms with van der Waals surface area (Å²) in [4.78, 5) is 3.87. The van der Waals surface area contributed by atoms with Crippen molar-refractivity contribution in [3.05, 3.63) is 23.9 Å². The van der Waals surface area contributed by atoms with Crippen molar-refractivity contribution < 1.29 is 4.74 Å². The normalized spacial score (nSPS) is 12.7. The van der Waals surface area contributed by atoms with Gasteiger partial charge in [0, 0.05) is 18.8 Å². The Labute approximate surface area is 72.8 Å². The maximum Gasteiger partial charge on any atom is 0.208 e. The molecule has 0 fully saturated rings. The molecule has 0 saturated carbocycles. The van der Waals surface area contributed by atoms with Gasteiger partial charge in [-0.3, -0.25) is 10.8 Å². The topological polar surface area (TPSA) is 59.6 Å². The fourth-order valence-corrected chi connectivity index (χ4v) is 0.601. The van der Waals surface area contributed by atoms with E-state index in [2.05, 4.69) is 17.0 Å². The van der Waals surface area contributed by atoms with Crippen molar-refractivity contribution in [2.45, 2.75) is 6.92 Å². The van der Waals surface area contributed by atoms with E-state index in [0.717, 1.165) is 5.57 Å². The third-order valence-electron chi connectivity index (χ3n) is 1.42. The minimum atomic E-state index is 0.545. The smallest absolute Gasteiger partial charge is 0.208 e. The summed E-state index contributed by atoms with van der Waals surface area (Å²) >= 11 is 0. The van der Waals surface area contributed by atoms with Crippen LogP contribution in [0.4, 0.5) is 0 Å². The molecule has 0 radical (unpaired) electrons. The average Bonchev–Trinajstić information content (AvgIpc) is 2.12. The predicted octanol–water partition coefficient (Wildman–Crippen LogP) is 0.584. The second-order valence-corrected chi connectivity index (χ2v) is 2.22. The molecule has 0 amide bonds. The number of allylic oxidation sites excluding steroid dienone is 1. The van der Waals surface area contributed by atoms with Gasteiger partial charge in [0.1, 0.15) is 0 Å². The van der Waals surface area contributed by atoms with E-state index in [0.29, 0.717) is 11.6 Å². The molecule has 0 heterocycles. The quantitative estimate of drug-likeness (QED) is 0.214. The molecule has 0 saturated heterocycles. The van der Waals surface area contributed by atoms with Crippen LogP contribution in [0.1, 0.15) is 6.92 Å². The van der Waals surface area contributed by atoms with Gasteiger partial charge in [-0.25, -0.2) is 0 Å². The van der Waals surface area contributed by atoms with Crippen LogP contribution in [0.3, 0.4) is 0 Å². The molecule has 0 aliphatic heterocycles. The van der Waals surface area contributed by atoms with E-state index >= 15 is 0 Å². The molecule has 0 aromatic heterocycles. The molecule has 3 N–H and O–H groups in total. The van der Waals surface area contributed by atoms with Crippen molar-refractivity contribution >= 4 is 5.90 Å². The first kappa shape index (κ1) is 10.7. The van der Waals surface area contributed by atoms with Crippen LogP contribution in [0.15, 0.2) is 28.9 Å². The zero-order valence-corrected chi connectivity index (χ0v) is 7.72. The van der Waals surface area contributed by atoms with Gasteiger partial charge in [0.15, 0.2) is 0 Å². The van der Waals surface area contributed by atoms with Gasteiger partial charge in [-0.1, -0.05) is 6.58 Å². The number of nitrogens with zero attached hydrogens (tertiary/aromatic N) is 1. The molecule has 4 heteroatoms. The Hall–Kier alpha value is -1.29. The maximum absolute atomic E-state index is 5.16. The summed E-state index contributed by atoms with van der Waals surface area (Å²) in [7, 11) is 3.21. The van der Waals surface area contributed by atoms with Crippen molar-refractivity contribution in [1.29, 1.82) is 0 Å². The van der Waals surface area contributed by atoms with Crippen molar-refractivity contribution in [2.75, 3.05) is 14.2 Å². The Morgan fingerprint density at radius 2 is 2.25 bits per heavy atom. The number of hydrogen-bond acceptors (Lipinski definition) is 4. The lowest BCUT2D eigenvalue weighted by atomic mass is 10.2. The Kier molecular flexibility index (Phi) is 4.79. The lowest BCUT2D eigenvalue weighted by molar-refractivity contribution is 0.406. The summed E-state index contributed by atoms with van der Waals surface area (Å²) in [6.07, 6.45) is 1.75. The summed E-state index contributed by atoms with van der Waals surface area (Å²) in [5.74, 6) is 5.71. The van der Waals surface area contributed by atoms with Crippen LogP contribution >= 0.6 is 0 Å². The molecule has 0 aliphatic rings. The average molecular weight is 169 g/mol. The second-order valence-electron chi connectivity index (χ2n) is 2.22. The van der Waals surface area contributed by atoms with Gasteiger partial charge in [-0.15, -0.1) is 0 Å². The van der Waals surface area contributed by atoms with E-state index in [-0.39, 0.29) is 0 Å². The molecule has 0 unspecified atom stereocenters. The molecule has 4 nitrogen and oxygen atoms in total. The van der Waals surface area contributed by atoms with Crippen molar-refractivity contribution in [3.8, 4) is 0 Å². The lowest BCUT2D eigenvalue weighted by Gasteiger charge is -2.04. The molecule has 0 aromatic rings. The molecule has 68 valence electrons. The molecule has 0 rings (SSSR count). The predicted molar refractivity (Wildman–Crippen MR) is 50.6 cm³/mol. The third kappa shape index (κ3) is 3.21. The van der Waals surface area contributed by atoms with Gasteiger partial charge >= 0.3 is 0 Å². The molecule has 0 bridgehead atoms. The number of hydrazine groups is 1. The van der Waals surface area contributed by atoms with E-state index < -0.39 is 0 Å². The van der Waals surface area contributed by atoms with Crippen LogP contribution in [-0.4, -0.2) is 20.1 Å². The third-order valence-corrected chi connectivity index (χ3v) is 1.42. The molecule has 0 aliphatic carbocycles. The Morgan fingerprint density at radius 1 is 1.67 bits per heavy atom. The molecule has 0 spiro atoms. The number of nitrogens with one attached hydrogen (secondary N) is 1. The highest BCUT2D eigenvalue weighted by Gasteiger charge is 1.96. The monoisotopic (exact) mass is 169 g/mol. The molecule has 0 atom stereocenters. The highest BCUT2D eigenvalue weighted by atomic mass is 16.5. The van der Waals surface area contributed by atoms with Crippen molar-refractivity contribution in [1.82, 2.24) is 5.43 Å². The van der Waals surface area contributed by atoms with Crippen LogP contribution in [-0.2, 0) is 4.74 Å². The van der Waals surface area contributed by atoms with Crippen LogP contribution in [0.5, 0.6) is 0 Å². The molecule has 0 aromatic carbocycles. The van der Waals surface area contributed by atoms with E-state index in [1.54, 1.807) is 20.2 Å². The van der Waals surface area contributed by atoms with E-state index in [4.69, 9.17) is 10.6 Å². The van der Waals surface area contributed by atoms with Crippen LogP contribution in [0.25, 0.3) is 0 Å². The lowest BCUT2D eigenvalue weighted by Crippen LogP contribution is -2.21. The van der Waals surface area contributed by atoms with Crippen LogP contribution in [0.2, 0.25) is 0 Å². The van der Waals surface area contributed by atoms with Crippen LogP contribution in [0, 0.1) is 0 Å². The number of methoxy groups -OCH3 is 1. The van der Waals surface area contributed by atoms with Gasteiger partial charge in [0.2, 0.25) is 5.90 Å². The summed E-state index contributed by atoms with van der Waals surface area (Å²) < 4.78 is 4.93. The highest BCUT2D eigenvalue weighted by molar-refractivity contribution is 5.88. The molecular weight excluding hydrogens is 154 g/mol. The van der Waals surface area contributed by atoms with Gasteiger partial charge in [-0.05, 0) is 12.5 Å². The summed E-state index contributed by atoms with van der Waals surface area (Å²) in [6.45, 7) is 5.55. The number of rotatable bonds is 3. The SMILES string of the molecule is C=C(NN)/C(C)=C\C(=N/C)OC. The maximum atomic E-state index is 5.16. The Balaban J connectivity index is 4.44. The van der Waals surface area contributed by atoms with E-state index in [1.165, 1.54) is 0 Å². The van der Waals surface area contributed by atoms with Gasteiger partial charge < -0.3 is 10.2 Å².